The van der Waals surface area contributed by atoms with Gasteiger partial charge in [0.05, 0.1) is 22.7 Å². The van der Waals surface area contributed by atoms with Gasteiger partial charge in [-0.25, -0.2) is 8.42 Å². The van der Waals surface area contributed by atoms with Crippen molar-refractivity contribution in [2.45, 2.75) is 4.90 Å². The minimum absolute atomic E-state index is 0.0283. The smallest absolute Gasteiger partial charge is 0.264 e. The van der Waals surface area contributed by atoms with Crippen LogP contribution in [0.4, 0.5) is 11.4 Å². The van der Waals surface area contributed by atoms with Crippen molar-refractivity contribution in [1.82, 2.24) is 0 Å². The van der Waals surface area contributed by atoms with Crippen molar-refractivity contribution in [2.75, 3.05) is 23.3 Å². The quantitative estimate of drug-likeness (QED) is 0.466. The second kappa shape index (κ2) is 9.78. The van der Waals surface area contributed by atoms with Gasteiger partial charge in [-0.3, -0.25) is 9.10 Å². The first-order valence-electron chi connectivity index (χ1n) is 8.88. The largest absolute Gasteiger partial charge is 0.495 e. The Morgan fingerprint density at radius 1 is 0.968 bits per heavy atom. The zero-order valence-electron chi connectivity index (χ0n) is 16.2. The number of amides is 1. The molecular weight excluding hydrogens is 483 g/mol. The highest BCUT2D eigenvalue weighted by Gasteiger charge is 2.27. The third kappa shape index (κ3) is 5.62. The first-order chi connectivity index (χ1) is 14.7. The van der Waals surface area contributed by atoms with Gasteiger partial charge in [0.1, 0.15) is 12.3 Å². The fourth-order valence-electron chi connectivity index (χ4n) is 2.80. The summed E-state index contributed by atoms with van der Waals surface area (Å²) < 4.78 is 32.7. The van der Waals surface area contributed by atoms with Crippen LogP contribution in [0.15, 0.2) is 71.6 Å². The lowest BCUT2D eigenvalue weighted by Gasteiger charge is -2.24. The van der Waals surface area contributed by atoms with Crippen molar-refractivity contribution in [3.8, 4) is 5.75 Å². The lowest BCUT2D eigenvalue weighted by molar-refractivity contribution is -0.114. The number of rotatable bonds is 7. The van der Waals surface area contributed by atoms with E-state index in [4.69, 9.17) is 39.5 Å². The fourth-order valence-corrected chi connectivity index (χ4v) is 5.01. The lowest BCUT2D eigenvalue weighted by Crippen LogP contribution is -2.38. The molecule has 10 heteroatoms. The number of methoxy groups -OCH3 is 1. The van der Waals surface area contributed by atoms with E-state index in [9.17, 15) is 13.2 Å². The average molecular weight is 500 g/mol. The number of ether oxygens (including phenoxy) is 1. The molecule has 3 aromatic carbocycles. The van der Waals surface area contributed by atoms with Gasteiger partial charge in [-0.2, -0.15) is 0 Å². The second-order valence-corrected chi connectivity index (χ2v) is 9.49. The van der Waals surface area contributed by atoms with Crippen LogP contribution in [0.1, 0.15) is 0 Å². The summed E-state index contributed by atoms with van der Waals surface area (Å²) in [4.78, 5) is 12.8. The Bertz CT molecular complexity index is 1180. The molecule has 0 saturated carbocycles. The average Bonchev–Trinajstić information content (AvgIpc) is 2.71. The molecule has 0 unspecified atom stereocenters. The third-order valence-electron chi connectivity index (χ3n) is 4.19. The molecule has 1 N–H and O–H groups in total. The predicted octanol–water partition coefficient (Wildman–Crippen LogP) is 5.49. The fraction of sp³-hybridized carbons (Fsp3) is 0.0952. The molecule has 0 saturated heterocycles. The monoisotopic (exact) mass is 498 g/mol. The number of anilines is 2. The normalized spacial score (nSPS) is 11.1. The number of hydrogen-bond acceptors (Lipinski definition) is 4. The molecule has 0 aliphatic carbocycles. The highest BCUT2D eigenvalue weighted by Crippen LogP contribution is 2.32. The molecule has 0 aliphatic heterocycles. The number of halogens is 3. The van der Waals surface area contributed by atoms with Gasteiger partial charge in [-0.05, 0) is 48.5 Å². The molecule has 0 heterocycles. The molecule has 0 atom stereocenters. The minimum Gasteiger partial charge on any atom is -0.495 e. The molecule has 0 bridgehead atoms. The molecule has 3 rings (SSSR count). The summed E-state index contributed by atoms with van der Waals surface area (Å²) in [5.74, 6) is -0.217. The van der Waals surface area contributed by atoms with Crippen molar-refractivity contribution >= 4 is 62.1 Å². The standard InChI is InChI=1S/C21H17Cl3N2O4S/c1-30-20-8-7-17(12-19(20)24)26(31(28,29)18-5-3-2-4-6-18)13-21(27)25-16-10-14(22)9-15(23)11-16/h2-12H,13H2,1H3,(H,25,27). The number of carbonyl (C=O) groups excluding carboxylic acids is 1. The van der Waals surface area contributed by atoms with E-state index in [0.717, 1.165) is 4.31 Å². The molecule has 0 radical (unpaired) electrons. The maximum absolute atomic E-state index is 13.3. The molecule has 162 valence electrons. The number of hydrogen-bond donors (Lipinski definition) is 1. The van der Waals surface area contributed by atoms with E-state index < -0.39 is 22.5 Å². The second-order valence-electron chi connectivity index (χ2n) is 6.35. The van der Waals surface area contributed by atoms with Crippen LogP contribution >= 0.6 is 34.8 Å². The number of sulfonamides is 1. The third-order valence-corrected chi connectivity index (χ3v) is 6.71. The number of benzene rings is 3. The van der Waals surface area contributed by atoms with Crippen LogP contribution in [-0.2, 0) is 14.8 Å². The Morgan fingerprint density at radius 3 is 2.19 bits per heavy atom. The first-order valence-corrected chi connectivity index (χ1v) is 11.5. The SMILES string of the molecule is COc1ccc(N(CC(=O)Nc2cc(Cl)cc(Cl)c2)S(=O)(=O)c2ccccc2)cc1Cl. The highest BCUT2D eigenvalue weighted by atomic mass is 35.5. The predicted molar refractivity (Wildman–Crippen MR) is 124 cm³/mol. The summed E-state index contributed by atoms with van der Waals surface area (Å²) in [6.07, 6.45) is 0. The summed E-state index contributed by atoms with van der Waals surface area (Å²) in [5, 5.41) is 3.48. The van der Waals surface area contributed by atoms with Crippen LogP contribution in [0.3, 0.4) is 0 Å². The van der Waals surface area contributed by atoms with E-state index in [2.05, 4.69) is 5.32 Å². The maximum Gasteiger partial charge on any atom is 0.264 e. The Labute approximate surface area is 195 Å². The first kappa shape index (κ1) is 23.2. The van der Waals surface area contributed by atoms with Crippen molar-refractivity contribution in [3.63, 3.8) is 0 Å². The van der Waals surface area contributed by atoms with E-state index in [1.54, 1.807) is 18.2 Å². The van der Waals surface area contributed by atoms with Gasteiger partial charge >= 0.3 is 0 Å². The van der Waals surface area contributed by atoms with Gasteiger partial charge in [-0.1, -0.05) is 53.0 Å². The Balaban J connectivity index is 1.97. The zero-order chi connectivity index (χ0) is 22.6. The van der Waals surface area contributed by atoms with E-state index in [1.165, 1.54) is 55.6 Å². The van der Waals surface area contributed by atoms with Gasteiger partial charge in [0, 0.05) is 15.7 Å². The van der Waals surface area contributed by atoms with Crippen molar-refractivity contribution < 1.29 is 17.9 Å². The summed E-state index contributed by atoms with van der Waals surface area (Å²) >= 11 is 18.1. The summed E-state index contributed by atoms with van der Waals surface area (Å²) in [7, 11) is -2.63. The van der Waals surface area contributed by atoms with Crippen LogP contribution in [0.2, 0.25) is 15.1 Å². The molecule has 1 amide bonds. The van der Waals surface area contributed by atoms with Crippen LogP contribution in [0.25, 0.3) is 0 Å². The van der Waals surface area contributed by atoms with Crippen LogP contribution in [0.5, 0.6) is 5.75 Å². The molecule has 0 spiro atoms. The van der Waals surface area contributed by atoms with Crippen molar-refractivity contribution in [3.05, 3.63) is 81.8 Å². The number of nitrogens with one attached hydrogen (secondary N) is 1. The van der Waals surface area contributed by atoms with Crippen LogP contribution < -0.4 is 14.4 Å². The Kier molecular flexibility index (Phi) is 7.33. The van der Waals surface area contributed by atoms with E-state index >= 15 is 0 Å². The van der Waals surface area contributed by atoms with E-state index in [1.807, 2.05) is 0 Å². The topological polar surface area (TPSA) is 75.7 Å². The number of nitrogens with zero attached hydrogens (tertiary/aromatic N) is 1. The Hall–Kier alpha value is -2.45. The van der Waals surface area contributed by atoms with Gasteiger partial charge in [0.25, 0.3) is 10.0 Å². The molecule has 0 aromatic heterocycles. The van der Waals surface area contributed by atoms with Gasteiger partial charge in [0.2, 0.25) is 5.91 Å². The highest BCUT2D eigenvalue weighted by molar-refractivity contribution is 7.92. The van der Waals surface area contributed by atoms with E-state index in [-0.39, 0.29) is 15.6 Å². The molecule has 0 aliphatic rings. The lowest BCUT2D eigenvalue weighted by atomic mass is 10.3. The molecule has 6 nitrogen and oxygen atoms in total. The Morgan fingerprint density at radius 2 is 1.61 bits per heavy atom. The van der Waals surface area contributed by atoms with Gasteiger partial charge in [-0.15, -0.1) is 0 Å². The molecule has 0 fully saturated rings. The molecule has 31 heavy (non-hydrogen) atoms. The summed E-state index contributed by atoms with van der Waals surface area (Å²) in [6.45, 7) is -0.510. The van der Waals surface area contributed by atoms with Gasteiger partial charge < -0.3 is 10.1 Å². The van der Waals surface area contributed by atoms with Crippen molar-refractivity contribution in [1.29, 1.82) is 0 Å². The minimum atomic E-state index is -4.07. The van der Waals surface area contributed by atoms with Crippen LogP contribution in [-0.4, -0.2) is 28.0 Å². The summed E-state index contributed by atoms with van der Waals surface area (Å²) in [5.41, 5.74) is 0.543. The maximum atomic E-state index is 13.3. The van der Waals surface area contributed by atoms with Gasteiger partial charge in [0.15, 0.2) is 0 Å². The van der Waals surface area contributed by atoms with Crippen molar-refractivity contribution in [2.24, 2.45) is 0 Å². The molecule has 3 aromatic rings. The zero-order valence-corrected chi connectivity index (χ0v) is 19.3. The van der Waals surface area contributed by atoms with Crippen LogP contribution in [0, 0.1) is 0 Å². The summed E-state index contributed by atoms with van der Waals surface area (Å²) in [6, 6.07) is 16.8. The number of carbonyl (C=O) groups is 1. The molecular formula is C21H17Cl3N2O4S. The van der Waals surface area contributed by atoms with E-state index in [0.29, 0.717) is 21.5 Å².